The van der Waals surface area contributed by atoms with Gasteiger partial charge in [-0.05, 0) is 25.1 Å². The van der Waals surface area contributed by atoms with Crippen LogP contribution in [0.25, 0.3) is 5.65 Å². The number of morpholine rings is 1. The molecule has 1 unspecified atom stereocenters. The maximum absolute atomic E-state index is 14.0. The molecule has 1 aliphatic rings. The van der Waals surface area contributed by atoms with Crippen molar-refractivity contribution in [2.45, 2.75) is 13.0 Å². The lowest BCUT2D eigenvalue weighted by atomic mass is 10.1. The van der Waals surface area contributed by atoms with Gasteiger partial charge in [0.2, 0.25) is 0 Å². The number of aryl methyl sites for hydroxylation is 1. The summed E-state index contributed by atoms with van der Waals surface area (Å²) >= 11 is 0. The van der Waals surface area contributed by atoms with E-state index in [1.165, 1.54) is 6.07 Å². The molecule has 0 radical (unpaired) electrons. The normalized spacial score (nSPS) is 18.5. The first-order chi connectivity index (χ1) is 11.2. The molecule has 1 aromatic carbocycles. The average Bonchev–Trinajstić information content (AvgIpc) is 2.96. The molecule has 7 heteroatoms. The molecule has 118 valence electrons. The molecule has 0 amide bonds. The van der Waals surface area contributed by atoms with Crippen LogP contribution in [0.15, 0.2) is 36.4 Å². The molecule has 0 aliphatic carbocycles. The molecular weight excluding hydrogens is 297 g/mol. The first kappa shape index (κ1) is 14.1. The van der Waals surface area contributed by atoms with E-state index in [1.54, 1.807) is 16.6 Å². The molecule has 1 saturated heterocycles. The minimum atomic E-state index is -0.301. The Morgan fingerprint density at radius 3 is 2.91 bits per heavy atom. The van der Waals surface area contributed by atoms with Crippen molar-refractivity contribution in [3.05, 3.63) is 53.6 Å². The van der Waals surface area contributed by atoms with Crippen molar-refractivity contribution < 1.29 is 9.13 Å². The molecule has 3 heterocycles. The first-order valence-electron chi connectivity index (χ1n) is 7.52. The summed E-state index contributed by atoms with van der Waals surface area (Å²) in [6.07, 6.45) is -0.301. The maximum Gasteiger partial charge on any atom is 0.178 e. The van der Waals surface area contributed by atoms with Gasteiger partial charge in [0, 0.05) is 12.1 Å². The summed E-state index contributed by atoms with van der Waals surface area (Å²) in [6.45, 7) is 3.66. The second kappa shape index (κ2) is 5.58. The Morgan fingerprint density at radius 1 is 1.17 bits per heavy atom. The van der Waals surface area contributed by atoms with E-state index >= 15 is 0 Å². The second-order valence-electron chi connectivity index (χ2n) is 5.54. The third-order valence-corrected chi connectivity index (χ3v) is 4.05. The maximum atomic E-state index is 14.0. The molecule has 23 heavy (non-hydrogen) atoms. The first-order valence-corrected chi connectivity index (χ1v) is 7.52. The Bertz CT molecular complexity index is 849. The molecule has 2 aromatic heterocycles. The third kappa shape index (κ3) is 2.53. The Balaban J connectivity index is 1.63. The van der Waals surface area contributed by atoms with Crippen LogP contribution < -0.4 is 4.90 Å². The number of benzene rings is 1. The number of halogens is 1. The predicted octanol–water partition coefficient (Wildman–Crippen LogP) is 2.15. The van der Waals surface area contributed by atoms with E-state index in [1.807, 2.05) is 25.1 Å². The molecule has 0 spiro atoms. The minimum absolute atomic E-state index is 0.239. The Morgan fingerprint density at radius 2 is 2.04 bits per heavy atom. The summed E-state index contributed by atoms with van der Waals surface area (Å²) < 4.78 is 21.5. The van der Waals surface area contributed by atoms with Gasteiger partial charge in [-0.25, -0.2) is 4.39 Å². The zero-order valence-corrected chi connectivity index (χ0v) is 12.7. The molecule has 4 rings (SSSR count). The highest BCUT2D eigenvalue weighted by atomic mass is 19.1. The van der Waals surface area contributed by atoms with Crippen LogP contribution in [0.2, 0.25) is 0 Å². The number of fused-ring (bicyclic) bond motifs is 1. The van der Waals surface area contributed by atoms with E-state index in [4.69, 9.17) is 4.74 Å². The van der Waals surface area contributed by atoms with Crippen molar-refractivity contribution in [3.8, 4) is 0 Å². The van der Waals surface area contributed by atoms with Crippen molar-refractivity contribution in [1.29, 1.82) is 0 Å². The number of hydrogen-bond donors (Lipinski definition) is 0. The Labute approximate surface area is 132 Å². The van der Waals surface area contributed by atoms with Gasteiger partial charge in [0.25, 0.3) is 0 Å². The fraction of sp³-hybridized carbons (Fsp3) is 0.312. The van der Waals surface area contributed by atoms with Gasteiger partial charge >= 0.3 is 0 Å². The molecular formula is C16H16FN5O. The lowest BCUT2D eigenvalue weighted by molar-refractivity contribution is 0.0372. The van der Waals surface area contributed by atoms with Gasteiger partial charge in [-0.2, -0.15) is 4.52 Å². The molecule has 1 aliphatic heterocycles. The van der Waals surface area contributed by atoms with Crippen LogP contribution >= 0.6 is 0 Å². The average molecular weight is 313 g/mol. The van der Waals surface area contributed by atoms with Crippen LogP contribution in [-0.2, 0) is 4.74 Å². The van der Waals surface area contributed by atoms with Gasteiger partial charge in [-0.15, -0.1) is 15.3 Å². The van der Waals surface area contributed by atoms with Crippen LogP contribution in [-0.4, -0.2) is 39.5 Å². The van der Waals surface area contributed by atoms with Crippen molar-refractivity contribution in [3.63, 3.8) is 0 Å². The quantitative estimate of drug-likeness (QED) is 0.725. The summed E-state index contributed by atoms with van der Waals surface area (Å²) in [4.78, 5) is 2.10. The van der Waals surface area contributed by atoms with Gasteiger partial charge in [0.05, 0.1) is 13.2 Å². The molecule has 3 aromatic rings. The SMILES string of the molecule is Cc1nnc2ccc(N3CCOC(c4ccccc4F)C3)nn12. The highest BCUT2D eigenvalue weighted by molar-refractivity contribution is 5.46. The highest BCUT2D eigenvalue weighted by Gasteiger charge is 2.25. The van der Waals surface area contributed by atoms with E-state index in [-0.39, 0.29) is 11.9 Å². The minimum Gasteiger partial charge on any atom is -0.370 e. The summed E-state index contributed by atoms with van der Waals surface area (Å²) in [5.41, 5.74) is 1.30. The molecule has 1 atom stereocenters. The summed E-state index contributed by atoms with van der Waals surface area (Å²) in [5.74, 6) is 1.31. The monoisotopic (exact) mass is 313 g/mol. The molecule has 0 bridgehead atoms. The molecule has 0 saturated carbocycles. The zero-order valence-electron chi connectivity index (χ0n) is 12.7. The second-order valence-corrected chi connectivity index (χ2v) is 5.54. The van der Waals surface area contributed by atoms with E-state index < -0.39 is 0 Å². The Hall–Kier alpha value is -2.54. The topological polar surface area (TPSA) is 55.5 Å². The largest absolute Gasteiger partial charge is 0.370 e. The number of aromatic nitrogens is 4. The van der Waals surface area contributed by atoms with Crippen molar-refractivity contribution in [2.24, 2.45) is 0 Å². The molecule has 6 nitrogen and oxygen atoms in total. The predicted molar refractivity (Wildman–Crippen MR) is 82.8 cm³/mol. The highest BCUT2D eigenvalue weighted by Crippen LogP contribution is 2.26. The van der Waals surface area contributed by atoms with Gasteiger partial charge in [-0.1, -0.05) is 18.2 Å². The van der Waals surface area contributed by atoms with Crippen molar-refractivity contribution >= 4 is 11.5 Å². The third-order valence-electron chi connectivity index (χ3n) is 4.05. The van der Waals surface area contributed by atoms with Crippen LogP contribution in [0, 0.1) is 12.7 Å². The summed E-state index contributed by atoms with van der Waals surface area (Å²) in [6, 6.07) is 10.5. The number of hydrogen-bond acceptors (Lipinski definition) is 5. The summed E-state index contributed by atoms with van der Waals surface area (Å²) in [7, 11) is 0. The lowest BCUT2D eigenvalue weighted by Crippen LogP contribution is -2.39. The van der Waals surface area contributed by atoms with E-state index in [0.29, 0.717) is 30.9 Å². The fourth-order valence-corrected chi connectivity index (χ4v) is 2.84. The van der Waals surface area contributed by atoms with Gasteiger partial charge in [-0.3, -0.25) is 0 Å². The van der Waals surface area contributed by atoms with Crippen LogP contribution in [0.1, 0.15) is 17.5 Å². The van der Waals surface area contributed by atoms with Crippen LogP contribution in [0.3, 0.4) is 0 Å². The number of nitrogens with zero attached hydrogens (tertiary/aromatic N) is 5. The van der Waals surface area contributed by atoms with Crippen LogP contribution in [0.5, 0.6) is 0 Å². The van der Waals surface area contributed by atoms with E-state index in [0.717, 1.165) is 11.6 Å². The van der Waals surface area contributed by atoms with E-state index in [9.17, 15) is 4.39 Å². The van der Waals surface area contributed by atoms with E-state index in [2.05, 4.69) is 20.2 Å². The van der Waals surface area contributed by atoms with Crippen molar-refractivity contribution in [1.82, 2.24) is 19.8 Å². The lowest BCUT2D eigenvalue weighted by Gasteiger charge is -2.33. The van der Waals surface area contributed by atoms with Gasteiger partial charge in [0.15, 0.2) is 11.5 Å². The fourth-order valence-electron chi connectivity index (χ4n) is 2.84. The summed E-state index contributed by atoms with van der Waals surface area (Å²) in [5, 5.41) is 12.6. The number of ether oxygens (including phenoxy) is 1. The molecule has 0 N–H and O–H groups in total. The standard InChI is InChI=1S/C16H16FN5O/c1-11-18-19-15-6-7-16(20-22(11)15)21-8-9-23-14(10-21)12-4-2-3-5-13(12)17/h2-7,14H,8-10H2,1H3. The zero-order chi connectivity index (χ0) is 15.8. The smallest absolute Gasteiger partial charge is 0.178 e. The van der Waals surface area contributed by atoms with Gasteiger partial charge in [0.1, 0.15) is 17.7 Å². The Kier molecular flexibility index (Phi) is 3.42. The number of anilines is 1. The van der Waals surface area contributed by atoms with Crippen LogP contribution in [0.4, 0.5) is 10.2 Å². The number of rotatable bonds is 2. The molecule has 1 fully saturated rings. The van der Waals surface area contributed by atoms with Gasteiger partial charge < -0.3 is 9.64 Å². The van der Waals surface area contributed by atoms with Crippen molar-refractivity contribution in [2.75, 3.05) is 24.6 Å².